The molecule has 0 unspecified atom stereocenters. The van der Waals surface area contributed by atoms with Crippen molar-refractivity contribution >= 4 is 23.2 Å². The van der Waals surface area contributed by atoms with E-state index in [-0.39, 0.29) is 5.91 Å². The van der Waals surface area contributed by atoms with Crippen molar-refractivity contribution in [2.75, 3.05) is 12.4 Å². The van der Waals surface area contributed by atoms with Gasteiger partial charge in [0.1, 0.15) is 18.1 Å². The van der Waals surface area contributed by atoms with E-state index >= 15 is 0 Å². The first-order valence-corrected chi connectivity index (χ1v) is 8.81. The van der Waals surface area contributed by atoms with Crippen LogP contribution in [0.4, 0.5) is 5.69 Å². The van der Waals surface area contributed by atoms with Crippen molar-refractivity contribution in [2.24, 2.45) is 7.05 Å². The number of ether oxygens (including phenoxy) is 2. The molecule has 27 heavy (non-hydrogen) atoms. The van der Waals surface area contributed by atoms with Crippen molar-refractivity contribution in [1.29, 1.82) is 0 Å². The maximum absolute atomic E-state index is 12.9. The summed E-state index contributed by atoms with van der Waals surface area (Å²) in [4.78, 5) is 12.9. The van der Waals surface area contributed by atoms with Gasteiger partial charge in [-0.15, -0.1) is 0 Å². The van der Waals surface area contributed by atoms with Crippen LogP contribution in [-0.4, -0.2) is 22.8 Å². The second kappa shape index (κ2) is 6.63. The summed E-state index contributed by atoms with van der Waals surface area (Å²) in [6.07, 6.45) is 0. The van der Waals surface area contributed by atoms with Gasteiger partial charge in [-0.25, -0.2) is 0 Å². The molecule has 7 heteroatoms. The van der Waals surface area contributed by atoms with E-state index in [1.165, 1.54) is 7.11 Å². The molecule has 0 bridgehead atoms. The van der Waals surface area contributed by atoms with Gasteiger partial charge in [-0.1, -0.05) is 23.7 Å². The molecule has 0 aliphatic carbocycles. The molecule has 138 valence electrons. The summed E-state index contributed by atoms with van der Waals surface area (Å²) in [6.45, 7) is 2.16. The summed E-state index contributed by atoms with van der Waals surface area (Å²) in [5, 5.41) is 7.89. The fraction of sp³-hybridized carbons (Fsp3) is 0.200. The van der Waals surface area contributed by atoms with Gasteiger partial charge in [0.15, 0.2) is 5.69 Å². The maximum atomic E-state index is 12.9. The van der Waals surface area contributed by atoms with Crippen LogP contribution in [0, 0.1) is 6.92 Å². The Kier molecular flexibility index (Phi) is 4.28. The third-order valence-electron chi connectivity index (χ3n) is 4.60. The van der Waals surface area contributed by atoms with Crippen LogP contribution in [0.3, 0.4) is 0 Å². The number of benzene rings is 2. The molecule has 0 spiro atoms. The highest BCUT2D eigenvalue weighted by molar-refractivity contribution is 6.31. The molecule has 0 saturated carbocycles. The smallest absolute Gasteiger partial charge is 0.276 e. The zero-order valence-corrected chi connectivity index (χ0v) is 15.9. The monoisotopic (exact) mass is 383 g/mol. The topological polar surface area (TPSA) is 65.4 Å². The van der Waals surface area contributed by atoms with Crippen LogP contribution in [0.5, 0.6) is 11.5 Å². The number of hydrogen-bond acceptors (Lipinski definition) is 4. The van der Waals surface area contributed by atoms with Crippen LogP contribution in [0.2, 0.25) is 5.02 Å². The molecule has 4 rings (SSSR count). The summed E-state index contributed by atoms with van der Waals surface area (Å²) in [6, 6.07) is 11.2. The SMILES string of the molecule is COc1cc(Cl)c(C)cc1NC(=O)c1nn(C)c2c1COc1ccccc1-2. The lowest BCUT2D eigenvalue weighted by Crippen LogP contribution is -2.17. The molecule has 0 atom stereocenters. The average Bonchev–Trinajstić information content (AvgIpc) is 3.01. The molecule has 6 nitrogen and oxygen atoms in total. The lowest BCUT2D eigenvalue weighted by atomic mass is 10.0. The number of aryl methyl sites for hydroxylation is 2. The van der Waals surface area contributed by atoms with Crippen molar-refractivity contribution in [1.82, 2.24) is 9.78 Å². The number of aromatic nitrogens is 2. The first kappa shape index (κ1) is 17.4. The average molecular weight is 384 g/mol. The maximum Gasteiger partial charge on any atom is 0.276 e. The van der Waals surface area contributed by atoms with E-state index in [4.69, 9.17) is 21.1 Å². The van der Waals surface area contributed by atoms with Crippen molar-refractivity contribution in [3.63, 3.8) is 0 Å². The van der Waals surface area contributed by atoms with Crippen LogP contribution in [0.1, 0.15) is 21.6 Å². The zero-order chi connectivity index (χ0) is 19.1. The van der Waals surface area contributed by atoms with E-state index in [0.717, 1.165) is 28.1 Å². The number of anilines is 1. The third-order valence-corrected chi connectivity index (χ3v) is 5.01. The molecule has 0 radical (unpaired) electrons. The predicted octanol–water partition coefficient (Wildman–Crippen LogP) is 4.20. The molecule has 1 N–H and O–H groups in total. The Labute approximate surface area is 161 Å². The van der Waals surface area contributed by atoms with Crippen molar-refractivity contribution in [3.05, 3.63) is 58.2 Å². The number of halogens is 1. The van der Waals surface area contributed by atoms with E-state index in [1.54, 1.807) is 16.8 Å². The highest BCUT2D eigenvalue weighted by Gasteiger charge is 2.28. The lowest BCUT2D eigenvalue weighted by Gasteiger charge is -2.18. The van der Waals surface area contributed by atoms with Gasteiger partial charge >= 0.3 is 0 Å². The van der Waals surface area contributed by atoms with Gasteiger partial charge in [0, 0.05) is 29.3 Å². The molecule has 2 aromatic carbocycles. The molecular weight excluding hydrogens is 366 g/mol. The highest BCUT2D eigenvalue weighted by Crippen LogP contribution is 2.38. The summed E-state index contributed by atoms with van der Waals surface area (Å²) >= 11 is 6.14. The number of carbonyl (C=O) groups is 1. The Morgan fingerprint density at radius 3 is 2.89 bits per heavy atom. The molecule has 3 aromatic rings. The normalized spacial score (nSPS) is 12.0. The van der Waals surface area contributed by atoms with Crippen LogP contribution in [0.15, 0.2) is 36.4 Å². The molecule has 1 amide bonds. The summed E-state index contributed by atoms with van der Waals surface area (Å²) in [5.74, 6) is 0.954. The van der Waals surface area contributed by atoms with Gasteiger partial charge in [-0.2, -0.15) is 5.10 Å². The number of rotatable bonds is 3. The van der Waals surface area contributed by atoms with E-state index in [1.807, 2.05) is 38.2 Å². The van der Waals surface area contributed by atoms with E-state index < -0.39 is 0 Å². The number of fused-ring (bicyclic) bond motifs is 3. The van der Waals surface area contributed by atoms with Gasteiger partial charge in [-0.05, 0) is 30.7 Å². The van der Waals surface area contributed by atoms with Gasteiger partial charge in [-0.3, -0.25) is 9.48 Å². The minimum absolute atomic E-state index is 0.291. The summed E-state index contributed by atoms with van der Waals surface area (Å²) < 4.78 is 12.9. The van der Waals surface area contributed by atoms with Gasteiger partial charge in [0.25, 0.3) is 5.91 Å². The van der Waals surface area contributed by atoms with Gasteiger partial charge < -0.3 is 14.8 Å². The second-order valence-corrected chi connectivity index (χ2v) is 6.75. The second-order valence-electron chi connectivity index (χ2n) is 6.34. The summed E-state index contributed by atoms with van der Waals surface area (Å²) in [7, 11) is 3.36. The minimum atomic E-state index is -0.324. The molecule has 1 aliphatic rings. The summed E-state index contributed by atoms with van der Waals surface area (Å²) in [5.41, 5.74) is 4.29. The number of nitrogens with zero attached hydrogens (tertiary/aromatic N) is 2. The number of hydrogen-bond donors (Lipinski definition) is 1. The van der Waals surface area contributed by atoms with Crippen LogP contribution in [-0.2, 0) is 13.7 Å². The van der Waals surface area contributed by atoms with Gasteiger partial charge in [0.05, 0.1) is 18.5 Å². The molecule has 1 aromatic heterocycles. The Morgan fingerprint density at radius 2 is 2.11 bits per heavy atom. The van der Waals surface area contributed by atoms with E-state index in [2.05, 4.69) is 10.4 Å². The fourth-order valence-electron chi connectivity index (χ4n) is 3.27. The van der Waals surface area contributed by atoms with E-state index in [9.17, 15) is 4.79 Å². The molecule has 0 fully saturated rings. The lowest BCUT2D eigenvalue weighted by molar-refractivity contribution is 0.101. The standard InChI is InChI=1S/C20H18ClN3O3/c1-11-8-15(17(26-3)9-14(11)21)22-20(25)18-13-10-27-16-7-5-4-6-12(16)19(13)24(2)23-18/h4-9H,10H2,1-3H3,(H,22,25). The highest BCUT2D eigenvalue weighted by atomic mass is 35.5. The number of amides is 1. The third kappa shape index (κ3) is 2.92. The number of para-hydroxylation sites is 1. The van der Waals surface area contributed by atoms with E-state index in [0.29, 0.717) is 28.8 Å². The number of nitrogens with one attached hydrogen (secondary N) is 1. The molecular formula is C20H18ClN3O3. The Balaban J connectivity index is 1.73. The quantitative estimate of drug-likeness (QED) is 0.736. The molecule has 1 aliphatic heterocycles. The first-order valence-electron chi connectivity index (χ1n) is 8.43. The van der Waals surface area contributed by atoms with Crippen molar-refractivity contribution < 1.29 is 14.3 Å². The molecule has 2 heterocycles. The Bertz CT molecular complexity index is 1060. The van der Waals surface area contributed by atoms with Crippen molar-refractivity contribution in [2.45, 2.75) is 13.5 Å². The van der Waals surface area contributed by atoms with Crippen molar-refractivity contribution in [3.8, 4) is 22.8 Å². The van der Waals surface area contributed by atoms with Crippen LogP contribution in [0.25, 0.3) is 11.3 Å². The predicted molar refractivity (Wildman–Crippen MR) is 104 cm³/mol. The van der Waals surface area contributed by atoms with Gasteiger partial charge in [0.2, 0.25) is 0 Å². The first-order chi connectivity index (χ1) is 13.0. The largest absolute Gasteiger partial charge is 0.495 e. The Hall–Kier alpha value is -2.99. The zero-order valence-electron chi connectivity index (χ0n) is 15.2. The minimum Gasteiger partial charge on any atom is -0.495 e. The molecule has 0 saturated heterocycles. The van der Waals surface area contributed by atoms with Crippen LogP contribution >= 0.6 is 11.6 Å². The number of carbonyl (C=O) groups excluding carboxylic acids is 1. The fourth-order valence-corrected chi connectivity index (χ4v) is 3.43. The van der Waals surface area contributed by atoms with Crippen LogP contribution < -0.4 is 14.8 Å². The number of methoxy groups -OCH3 is 1. The Morgan fingerprint density at radius 1 is 1.33 bits per heavy atom.